The molecule has 1 aromatic rings. The van der Waals surface area contributed by atoms with E-state index < -0.39 is 5.41 Å². The Morgan fingerprint density at radius 3 is 2.58 bits per heavy atom. The van der Waals surface area contributed by atoms with E-state index in [1.54, 1.807) is 39.2 Å². The fraction of sp³-hybridized carbons (Fsp3) is 0.429. The van der Waals surface area contributed by atoms with Gasteiger partial charge >= 0.3 is 0 Å². The molecule has 1 N–H and O–H groups in total. The molecule has 1 atom stereocenters. The number of methoxy groups -OCH3 is 2. The molecule has 0 aliphatic heterocycles. The van der Waals surface area contributed by atoms with E-state index in [1.165, 1.54) is 7.11 Å². The zero-order chi connectivity index (χ0) is 14.5. The summed E-state index contributed by atoms with van der Waals surface area (Å²) in [4.78, 5) is 12.1. The first kappa shape index (κ1) is 14.8. The predicted octanol–water partition coefficient (Wildman–Crippen LogP) is 2.58. The number of hydrogen-bond donors (Lipinski definition) is 1. The van der Waals surface area contributed by atoms with Crippen LogP contribution < -0.4 is 14.8 Å². The molecule has 0 saturated heterocycles. The number of amides is 1. The van der Waals surface area contributed by atoms with Crippen molar-refractivity contribution >= 4 is 11.6 Å². The molecule has 0 bridgehead atoms. The van der Waals surface area contributed by atoms with Gasteiger partial charge < -0.3 is 14.8 Å². The third-order valence-electron chi connectivity index (χ3n) is 3.11. The van der Waals surface area contributed by atoms with Gasteiger partial charge in [-0.1, -0.05) is 6.92 Å². The van der Waals surface area contributed by atoms with Gasteiger partial charge in [-0.3, -0.25) is 4.79 Å². The lowest BCUT2D eigenvalue weighted by Gasteiger charge is -2.19. The number of hydrogen-bond acceptors (Lipinski definition) is 4. The van der Waals surface area contributed by atoms with E-state index in [-0.39, 0.29) is 5.91 Å². The molecule has 5 heteroatoms. The van der Waals surface area contributed by atoms with Gasteiger partial charge in [-0.15, -0.1) is 0 Å². The van der Waals surface area contributed by atoms with Gasteiger partial charge in [-0.2, -0.15) is 5.26 Å². The molecule has 19 heavy (non-hydrogen) atoms. The minimum Gasteiger partial charge on any atom is -0.497 e. The van der Waals surface area contributed by atoms with Gasteiger partial charge in [-0.05, 0) is 25.5 Å². The van der Waals surface area contributed by atoms with Crippen LogP contribution in [0.2, 0.25) is 0 Å². The average Bonchev–Trinajstić information content (AvgIpc) is 2.46. The summed E-state index contributed by atoms with van der Waals surface area (Å²) >= 11 is 0. The van der Waals surface area contributed by atoms with Crippen molar-refractivity contribution < 1.29 is 14.3 Å². The van der Waals surface area contributed by atoms with E-state index in [0.29, 0.717) is 23.6 Å². The van der Waals surface area contributed by atoms with Crippen molar-refractivity contribution in [2.75, 3.05) is 19.5 Å². The Labute approximate surface area is 113 Å². The normalized spacial score (nSPS) is 13.0. The van der Waals surface area contributed by atoms with Crippen molar-refractivity contribution in [2.45, 2.75) is 20.3 Å². The number of nitriles is 1. The highest BCUT2D eigenvalue weighted by molar-refractivity contribution is 5.98. The molecule has 1 amide bonds. The summed E-state index contributed by atoms with van der Waals surface area (Å²) in [6.07, 6.45) is 0.438. The lowest BCUT2D eigenvalue weighted by atomic mass is 9.88. The van der Waals surface area contributed by atoms with Crippen LogP contribution in [-0.2, 0) is 4.79 Å². The van der Waals surface area contributed by atoms with Crippen LogP contribution >= 0.6 is 0 Å². The van der Waals surface area contributed by atoms with Crippen LogP contribution in [0.1, 0.15) is 20.3 Å². The van der Waals surface area contributed by atoms with Crippen molar-refractivity contribution in [3.05, 3.63) is 18.2 Å². The summed E-state index contributed by atoms with van der Waals surface area (Å²) in [5.74, 6) is 0.776. The Bertz CT molecular complexity index is 508. The second-order valence-corrected chi connectivity index (χ2v) is 4.32. The summed E-state index contributed by atoms with van der Waals surface area (Å²) in [7, 11) is 3.06. The lowest BCUT2D eigenvalue weighted by molar-refractivity contribution is -0.122. The summed E-state index contributed by atoms with van der Waals surface area (Å²) in [5, 5.41) is 11.8. The second-order valence-electron chi connectivity index (χ2n) is 4.32. The maximum atomic E-state index is 12.1. The van der Waals surface area contributed by atoms with Crippen LogP contribution in [0.25, 0.3) is 0 Å². The fourth-order valence-corrected chi connectivity index (χ4v) is 1.45. The quantitative estimate of drug-likeness (QED) is 0.885. The Morgan fingerprint density at radius 2 is 2.11 bits per heavy atom. The van der Waals surface area contributed by atoms with Crippen molar-refractivity contribution in [1.82, 2.24) is 0 Å². The zero-order valence-corrected chi connectivity index (χ0v) is 11.6. The molecule has 0 aliphatic rings. The summed E-state index contributed by atoms with van der Waals surface area (Å²) in [6.45, 7) is 3.41. The Morgan fingerprint density at radius 1 is 1.42 bits per heavy atom. The number of carbonyl (C=O) groups excluding carboxylic acids is 1. The average molecular weight is 262 g/mol. The molecule has 0 heterocycles. The van der Waals surface area contributed by atoms with E-state index in [2.05, 4.69) is 5.32 Å². The van der Waals surface area contributed by atoms with E-state index >= 15 is 0 Å². The lowest BCUT2D eigenvalue weighted by Crippen LogP contribution is -2.31. The molecule has 0 aliphatic carbocycles. The van der Waals surface area contributed by atoms with E-state index in [4.69, 9.17) is 14.7 Å². The van der Waals surface area contributed by atoms with Gasteiger partial charge in [0, 0.05) is 6.07 Å². The first-order chi connectivity index (χ1) is 9.00. The van der Waals surface area contributed by atoms with Crippen LogP contribution in [0.5, 0.6) is 11.5 Å². The largest absolute Gasteiger partial charge is 0.497 e. The van der Waals surface area contributed by atoms with Crippen molar-refractivity contribution in [1.29, 1.82) is 5.26 Å². The molecular weight excluding hydrogens is 244 g/mol. The van der Waals surface area contributed by atoms with Crippen LogP contribution in [0.4, 0.5) is 5.69 Å². The number of anilines is 1. The molecule has 5 nitrogen and oxygen atoms in total. The predicted molar refractivity (Wildman–Crippen MR) is 72.2 cm³/mol. The number of nitrogens with one attached hydrogen (secondary N) is 1. The van der Waals surface area contributed by atoms with Gasteiger partial charge in [0.25, 0.3) is 0 Å². The first-order valence-electron chi connectivity index (χ1n) is 5.95. The van der Waals surface area contributed by atoms with Crippen LogP contribution in [-0.4, -0.2) is 20.1 Å². The molecule has 0 spiro atoms. The molecule has 0 radical (unpaired) electrons. The van der Waals surface area contributed by atoms with Crippen LogP contribution in [0, 0.1) is 16.7 Å². The highest BCUT2D eigenvalue weighted by atomic mass is 16.5. The summed E-state index contributed by atoms with van der Waals surface area (Å²) in [5.41, 5.74) is -0.534. The molecule has 1 rings (SSSR count). The number of ether oxygens (including phenoxy) is 2. The maximum absolute atomic E-state index is 12.1. The SMILES string of the molecule is CCC(C)(C#N)C(=O)Nc1ccc(OC)cc1OC. The number of rotatable bonds is 5. The molecule has 102 valence electrons. The fourth-order valence-electron chi connectivity index (χ4n) is 1.45. The smallest absolute Gasteiger partial charge is 0.244 e. The minimum atomic E-state index is -1.05. The van der Waals surface area contributed by atoms with Crippen LogP contribution in [0.15, 0.2) is 18.2 Å². The molecule has 0 aromatic heterocycles. The number of nitrogens with zero attached hydrogens (tertiary/aromatic N) is 1. The number of benzene rings is 1. The molecule has 1 aromatic carbocycles. The van der Waals surface area contributed by atoms with Gasteiger partial charge in [0.05, 0.1) is 26.0 Å². The third-order valence-corrected chi connectivity index (χ3v) is 3.11. The van der Waals surface area contributed by atoms with Gasteiger partial charge in [0.15, 0.2) is 0 Å². The Balaban J connectivity index is 3.00. The van der Waals surface area contributed by atoms with Crippen molar-refractivity contribution in [3.63, 3.8) is 0 Å². The monoisotopic (exact) mass is 262 g/mol. The van der Waals surface area contributed by atoms with Crippen LogP contribution in [0.3, 0.4) is 0 Å². The van der Waals surface area contributed by atoms with E-state index in [0.717, 1.165) is 0 Å². The van der Waals surface area contributed by atoms with Crippen molar-refractivity contribution in [3.8, 4) is 17.6 Å². The summed E-state index contributed by atoms with van der Waals surface area (Å²) in [6, 6.07) is 7.10. The van der Waals surface area contributed by atoms with E-state index in [9.17, 15) is 4.79 Å². The zero-order valence-electron chi connectivity index (χ0n) is 11.6. The third kappa shape index (κ3) is 3.16. The number of carbonyl (C=O) groups is 1. The molecule has 1 unspecified atom stereocenters. The van der Waals surface area contributed by atoms with Gasteiger partial charge in [-0.25, -0.2) is 0 Å². The van der Waals surface area contributed by atoms with Gasteiger partial charge in [0.2, 0.25) is 5.91 Å². The molecular formula is C14H18N2O3. The standard InChI is InChI=1S/C14H18N2O3/c1-5-14(2,9-15)13(17)16-11-7-6-10(18-3)8-12(11)19-4/h6-8H,5H2,1-4H3,(H,16,17). The second kappa shape index (κ2) is 6.10. The molecule has 0 fully saturated rings. The Hall–Kier alpha value is -2.22. The highest BCUT2D eigenvalue weighted by Gasteiger charge is 2.31. The highest BCUT2D eigenvalue weighted by Crippen LogP contribution is 2.31. The first-order valence-corrected chi connectivity index (χ1v) is 5.95. The molecule has 0 saturated carbocycles. The van der Waals surface area contributed by atoms with Gasteiger partial charge in [0.1, 0.15) is 16.9 Å². The topological polar surface area (TPSA) is 71.4 Å². The Kier molecular flexibility index (Phi) is 4.76. The maximum Gasteiger partial charge on any atom is 0.244 e. The van der Waals surface area contributed by atoms with Crippen molar-refractivity contribution in [2.24, 2.45) is 5.41 Å². The summed E-state index contributed by atoms with van der Waals surface area (Å²) < 4.78 is 10.3. The van der Waals surface area contributed by atoms with E-state index in [1.807, 2.05) is 6.07 Å². The minimum absolute atomic E-state index is 0.346.